The number of aromatic nitrogens is 2. The van der Waals surface area contributed by atoms with Gasteiger partial charge in [-0.1, -0.05) is 71.2 Å². The van der Waals surface area contributed by atoms with Crippen LogP contribution >= 0.6 is 0 Å². The minimum Gasteiger partial charge on any atom is -0.356 e. The SMILES string of the molecule is C=CC=C.C=Cc1c(CCNC)[nH]c(-c2ccncc2C)c1Nc1cccc(F)c1CC.CC.CN1CCCCC1. The minimum absolute atomic E-state index is 0.194. The fourth-order valence-electron chi connectivity index (χ4n) is 4.55. The lowest BCUT2D eigenvalue weighted by Crippen LogP contribution is -2.24. The van der Waals surface area contributed by atoms with E-state index in [-0.39, 0.29) is 5.82 Å². The van der Waals surface area contributed by atoms with Gasteiger partial charge in [0.05, 0.1) is 11.4 Å². The molecule has 2 aromatic heterocycles. The molecule has 1 saturated heterocycles. The van der Waals surface area contributed by atoms with Crippen molar-refractivity contribution in [1.29, 1.82) is 0 Å². The number of halogens is 1. The van der Waals surface area contributed by atoms with Crippen LogP contribution in [0.3, 0.4) is 0 Å². The predicted molar refractivity (Wildman–Crippen MR) is 179 cm³/mol. The molecule has 5 nitrogen and oxygen atoms in total. The first-order valence-electron chi connectivity index (χ1n) is 14.8. The Kier molecular flexibility index (Phi) is 17.7. The Morgan fingerprint density at radius 2 is 1.76 bits per heavy atom. The summed E-state index contributed by atoms with van der Waals surface area (Å²) in [6.07, 6.45) is 14.5. The average Bonchev–Trinajstić information content (AvgIpc) is 3.34. The molecule has 1 aromatic carbocycles. The van der Waals surface area contributed by atoms with Gasteiger partial charge in [-0.05, 0) is 77.1 Å². The summed E-state index contributed by atoms with van der Waals surface area (Å²) in [5.41, 5.74) is 7.55. The third-order valence-corrected chi connectivity index (χ3v) is 6.72. The summed E-state index contributed by atoms with van der Waals surface area (Å²) in [5.74, 6) is -0.194. The second-order valence-electron chi connectivity index (χ2n) is 9.60. The fourth-order valence-corrected chi connectivity index (χ4v) is 4.55. The average molecular weight is 562 g/mol. The van der Waals surface area contributed by atoms with Gasteiger partial charge < -0.3 is 20.5 Å². The maximum Gasteiger partial charge on any atom is 0.128 e. The number of aromatic amines is 1. The Bertz CT molecular complexity index is 1190. The standard InChI is InChI=1S/C23H27FN4.C6H13N.C4H6.C2H6/c1-5-16-19(24)8-7-9-20(16)27-22-17(6-2)21(11-12-25-4)28-23(22)18-10-13-26-14-15(18)3;1-7-5-3-2-4-6-7;1-3-4-2;1-2/h6-10,13-14,25,27-28H,2,5,11-12H2,1,3-4H3;2-6H2,1H3;3-4H,1-2H2;1-2H3. The van der Waals surface area contributed by atoms with Crippen molar-refractivity contribution in [1.82, 2.24) is 20.2 Å². The summed E-state index contributed by atoms with van der Waals surface area (Å²) in [4.78, 5) is 10.2. The third-order valence-electron chi connectivity index (χ3n) is 6.72. The summed E-state index contributed by atoms with van der Waals surface area (Å²) in [6.45, 7) is 22.2. The van der Waals surface area contributed by atoms with Crippen LogP contribution in [0.5, 0.6) is 0 Å². The molecule has 0 aliphatic carbocycles. The van der Waals surface area contributed by atoms with E-state index in [1.165, 1.54) is 38.4 Å². The highest BCUT2D eigenvalue weighted by atomic mass is 19.1. The van der Waals surface area contributed by atoms with E-state index in [0.29, 0.717) is 12.0 Å². The second kappa shape index (κ2) is 20.4. The zero-order valence-corrected chi connectivity index (χ0v) is 26.2. The maximum absolute atomic E-state index is 14.3. The monoisotopic (exact) mass is 561 g/mol. The Morgan fingerprint density at radius 1 is 1.07 bits per heavy atom. The molecule has 4 rings (SSSR count). The lowest BCUT2D eigenvalue weighted by atomic mass is 10.0. The molecule has 1 fully saturated rings. The van der Waals surface area contributed by atoms with Crippen LogP contribution in [-0.2, 0) is 12.8 Å². The van der Waals surface area contributed by atoms with Crippen LogP contribution in [0.1, 0.15) is 62.4 Å². The van der Waals surface area contributed by atoms with Crippen LogP contribution in [0.25, 0.3) is 17.3 Å². The Balaban J connectivity index is 0.000000537. The highest BCUT2D eigenvalue weighted by Gasteiger charge is 2.19. The van der Waals surface area contributed by atoms with Crippen LogP contribution in [0.15, 0.2) is 68.5 Å². The number of likely N-dealkylation sites (tertiary alicyclic amines) is 1. The molecule has 0 amide bonds. The van der Waals surface area contributed by atoms with Gasteiger partial charge in [-0.15, -0.1) is 0 Å². The summed E-state index contributed by atoms with van der Waals surface area (Å²) in [6, 6.07) is 7.14. The van der Waals surface area contributed by atoms with Crippen LogP contribution in [0.4, 0.5) is 15.8 Å². The molecule has 0 unspecified atom stereocenters. The first kappa shape index (κ1) is 35.5. The highest BCUT2D eigenvalue weighted by molar-refractivity contribution is 5.88. The van der Waals surface area contributed by atoms with E-state index < -0.39 is 0 Å². The molecule has 41 heavy (non-hydrogen) atoms. The lowest BCUT2D eigenvalue weighted by Gasteiger charge is -2.20. The number of piperidine rings is 1. The van der Waals surface area contributed by atoms with Gasteiger partial charge in [0.25, 0.3) is 0 Å². The molecule has 6 heteroatoms. The van der Waals surface area contributed by atoms with Gasteiger partial charge in [0.1, 0.15) is 5.82 Å². The molecule has 224 valence electrons. The number of allylic oxidation sites excluding steroid dienone is 2. The van der Waals surface area contributed by atoms with Crippen molar-refractivity contribution in [3.8, 4) is 11.3 Å². The molecular formula is C35H52FN5. The molecule has 1 aliphatic heterocycles. The number of likely N-dealkylation sites (N-methyl/N-ethyl adjacent to an activating group) is 1. The molecule has 3 aromatic rings. The van der Waals surface area contributed by atoms with E-state index in [4.69, 9.17) is 0 Å². The van der Waals surface area contributed by atoms with Crippen LogP contribution in [0, 0.1) is 12.7 Å². The number of pyridine rings is 1. The van der Waals surface area contributed by atoms with E-state index in [0.717, 1.165) is 52.4 Å². The van der Waals surface area contributed by atoms with Gasteiger partial charge >= 0.3 is 0 Å². The largest absolute Gasteiger partial charge is 0.356 e. The molecule has 3 heterocycles. The van der Waals surface area contributed by atoms with Crippen molar-refractivity contribution in [3.63, 3.8) is 0 Å². The van der Waals surface area contributed by atoms with Gasteiger partial charge in [0, 0.05) is 53.4 Å². The molecule has 1 aliphatic rings. The van der Waals surface area contributed by atoms with Gasteiger partial charge in [-0.25, -0.2) is 4.39 Å². The topological polar surface area (TPSA) is 56.0 Å². The van der Waals surface area contributed by atoms with E-state index in [1.54, 1.807) is 24.4 Å². The van der Waals surface area contributed by atoms with Crippen molar-refractivity contribution in [3.05, 3.63) is 96.7 Å². The zero-order valence-electron chi connectivity index (χ0n) is 26.2. The molecule has 3 N–H and O–H groups in total. The number of anilines is 2. The lowest BCUT2D eigenvalue weighted by molar-refractivity contribution is 0.277. The Hall–Kier alpha value is -3.48. The van der Waals surface area contributed by atoms with E-state index in [1.807, 2.05) is 59.1 Å². The van der Waals surface area contributed by atoms with Crippen LogP contribution in [-0.4, -0.2) is 48.6 Å². The first-order chi connectivity index (χ1) is 19.9. The molecule has 0 bridgehead atoms. The molecule has 0 saturated carbocycles. The quantitative estimate of drug-likeness (QED) is 0.229. The number of H-pyrrole nitrogens is 1. The fraction of sp³-hybridized carbons (Fsp3) is 0.400. The summed E-state index contributed by atoms with van der Waals surface area (Å²) in [7, 11) is 4.13. The van der Waals surface area contributed by atoms with Gasteiger partial charge in [0.2, 0.25) is 0 Å². The van der Waals surface area contributed by atoms with E-state index in [9.17, 15) is 4.39 Å². The van der Waals surface area contributed by atoms with Crippen molar-refractivity contribution >= 4 is 17.5 Å². The summed E-state index contributed by atoms with van der Waals surface area (Å²) < 4.78 is 14.3. The maximum atomic E-state index is 14.3. The number of hydrogen-bond acceptors (Lipinski definition) is 4. The second-order valence-corrected chi connectivity index (χ2v) is 9.60. The highest BCUT2D eigenvalue weighted by Crippen LogP contribution is 2.38. The number of rotatable bonds is 9. The zero-order chi connectivity index (χ0) is 30.6. The molecule has 0 atom stereocenters. The molecular weight excluding hydrogens is 509 g/mol. The number of aryl methyl sites for hydroxylation is 1. The van der Waals surface area contributed by atoms with Crippen molar-refractivity contribution in [2.45, 2.75) is 59.8 Å². The molecule has 0 radical (unpaired) electrons. The minimum atomic E-state index is -0.194. The van der Waals surface area contributed by atoms with E-state index in [2.05, 4.69) is 52.3 Å². The van der Waals surface area contributed by atoms with Gasteiger partial charge in [0.15, 0.2) is 0 Å². The number of nitrogens with zero attached hydrogens (tertiary/aromatic N) is 2. The van der Waals surface area contributed by atoms with Crippen molar-refractivity contribution < 1.29 is 4.39 Å². The number of nitrogens with one attached hydrogen (secondary N) is 3. The number of benzene rings is 1. The number of hydrogen-bond donors (Lipinski definition) is 3. The first-order valence-corrected chi connectivity index (χ1v) is 14.8. The smallest absolute Gasteiger partial charge is 0.128 e. The van der Waals surface area contributed by atoms with Crippen LogP contribution in [0.2, 0.25) is 0 Å². The summed E-state index contributed by atoms with van der Waals surface area (Å²) >= 11 is 0. The normalized spacial score (nSPS) is 12.4. The Morgan fingerprint density at radius 3 is 2.27 bits per heavy atom. The van der Waals surface area contributed by atoms with Gasteiger partial charge in [-0.2, -0.15) is 0 Å². The van der Waals surface area contributed by atoms with E-state index >= 15 is 0 Å². The summed E-state index contributed by atoms with van der Waals surface area (Å²) in [5, 5.41) is 6.68. The molecule has 0 spiro atoms. The van der Waals surface area contributed by atoms with Crippen molar-refractivity contribution in [2.75, 3.05) is 39.0 Å². The van der Waals surface area contributed by atoms with Crippen LogP contribution < -0.4 is 10.6 Å². The Labute approximate surface area is 248 Å². The third kappa shape index (κ3) is 11.1. The van der Waals surface area contributed by atoms with Crippen molar-refractivity contribution in [2.24, 2.45) is 0 Å². The predicted octanol–water partition coefficient (Wildman–Crippen LogP) is 8.72. The van der Waals surface area contributed by atoms with Gasteiger partial charge in [-0.3, -0.25) is 4.98 Å².